The third-order valence-corrected chi connectivity index (χ3v) is 7.31. The first-order valence-electron chi connectivity index (χ1n) is 12.3. The van der Waals surface area contributed by atoms with Crippen molar-refractivity contribution < 1.29 is 27.0 Å². The quantitative estimate of drug-likeness (QED) is 0.0733. The van der Waals surface area contributed by atoms with E-state index in [2.05, 4.69) is 39.4 Å². The minimum Gasteiger partial charge on any atom is -0.744 e. The number of carbonyl (C=O) groups excluding carboxylic acids is 1. The van der Waals surface area contributed by atoms with Crippen LogP contribution in [0.5, 0.6) is 0 Å². The van der Waals surface area contributed by atoms with E-state index in [0.717, 1.165) is 31.4 Å². The molecule has 1 saturated heterocycles. The molecule has 0 saturated carbocycles. The number of quaternary nitrogens is 1. The normalized spacial score (nSPS) is 14.5. The Hall–Kier alpha value is -1.15. The number of hydrogen-bond donors (Lipinski definition) is 0. The zero-order chi connectivity index (χ0) is 25.3. The van der Waals surface area contributed by atoms with Crippen LogP contribution in [0.1, 0.15) is 76.7 Å². The van der Waals surface area contributed by atoms with Gasteiger partial charge in [0, 0.05) is 41.9 Å². The summed E-state index contributed by atoms with van der Waals surface area (Å²) in [7, 11) is -4.27. The first-order chi connectivity index (χ1) is 16.2. The number of nitrogens with zero attached hydrogens (tertiary/aromatic N) is 1. The van der Waals surface area contributed by atoms with E-state index in [-0.39, 0.29) is 10.9 Å². The maximum Gasteiger partial charge on any atom is 0.305 e. The predicted octanol–water partition coefficient (Wildman–Crippen LogP) is 5.58. The van der Waals surface area contributed by atoms with Crippen molar-refractivity contribution in [1.29, 1.82) is 0 Å². The van der Waals surface area contributed by atoms with Crippen molar-refractivity contribution in [2.45, 2.75) is 83.0 Å². The number of carbonyl (C=O) groups is 1. The van der Waals surface area contributed by atoms with Crippen LogP contribution in [0.2, 0.25) is 0 Å². The van der Waals surface area contributed by atoms with Gasteiger partial charge in [-0.05, 0) is 54.6 Å². The molecule has 1 aromatic carbocycles. The standard InChI is InChI=1S/C19H33INO2.C7H8O3S/c1-2-3-4-10-18-23-19(22)12-6-5-7-14-21(17-11-13-20)15-8-9-16-21;1-6-2-4-7(5-3-6)11(8,9)10/h2-10,12,14-18H2,1H3;2-5H,1H3,(H,8,9,10)/q+1;/p-1. The van der Waals surface area contributed by atoms with Crippen LogP contribution in [0.15, 0.2) is 29.2 Å². The van der Waals surface area contributed by atoms with E-state index in [9.17, 15) is 17.8 Å². The smallest absolute Gasteiger partial charge is 0.305 e. The fourth-order valence-corrected chi connectivity index (χ4v) is 4.69. The van der Waals surface area contributed by atoms with Crippen LogP contribution in [0.3, 0.4) is 0 Å². The lowest BCUT2D eigenvalue weighted by atomic mass is 10.1. The zero-order valence-corrected chi connectivity index (χ0v) is 23.7. The lowest BCUT2D eigenvalue weighted by Gasteiger charge is -2.32. The average molecular weight is 606 g/mol. The van der Waals surface area contributed by atoms with Crippen molar-refractivity contribution in [2.75, 3.05) is 32.8 Å². The topological polar surface area (TPSA) is 83.5 Å². The van der Waals surface area contributed by atoms with Gasteiger partial charge in [0.1, 0.15) is 16.7 Å². The average Bonchev–Trinajstić information content (AvgIpc) is 3.26. The number of benzene rings is 1. The Morgan fingerprint density at radius 2 is 1.71 bits per heavy atom. The second-order valence-electron chi connectivity index (χ2n) is 9.01. The molecule has 8 heteroatoms. The SMILES string of the molecule is CCCCCCOC(=O)CCCCC[N+]1(CC#CI)CCCC1.Cc1ccc(S(=O)(=O)[O-])cc1. The van der Waals surface area contributed by atoms with Gasteiger partial charge in [0.15, 0.2) is 0 Å². The number of hydrogen-bond acceptors (Lipinski definition) is 5. The summed E-state index contributed by atoms with van der Waals surface area (Å²) in [6.07, 6.45) is 11.2. The van der Waals surface area contributed by atoms with Crippen molar-refractivity contribution in [1.82, 2.24) is 0 Å². The molecular formula is C26H40INO5S. The zero-order valence-electron chi connectivity index (χ0n) is 20.7. The largest absolute Gasteiger partial charge is 0.744 e. The van der Waals surface area contributed by atoms with E-state index in [1.165, 1.54) is 74.8 Å². The summed E-state index contributed by atoms with van der Waals surface area (Å²) in [5.74, 6) is 3.25. The summed E-state index contributed by atoms with van der Waals surface area (Å²) in [5, 5.41) is 0. The Morgan fingerprint density at radius 3 is 2.29 bits per heavy atom. The van der Waals surface area contributed by atoms with Gasteiger partial charge in [0.25, 0.3) is 0 Å². The molecule has 0 unspecified atom stereocenters. The van der Waals surface area contributed by atoms with Crippen molar-refractivity contribution in [2.24, 2.45) is 0 Å². The summed E-state index contributed by atoms with van der Waals surface area (Å²) >= 11 is 2.13. The molecule has 0 spiro atoms. The van der Waals surface area contributed by atoms with E-state index < -0.39 is 10.1 Å². The van der Waals surface area contributed by atoms with Gasteiger partial charge in [-0.25, -0.2) is 8.42 Å². The van der Waals surface area contributed by atoms with Gasteiger partial charge >= 0.3 is 5.97 Å². The Balaban J connectivity index is 0.000000437. The third kappa shape index (κ3) is 13.7. The summed E-state index contributed by atoms with van der Waals surface area (Å²) in [5.41, 5.74) is 0.928. The number of ether oxygens (including phenoxy) is 1. The molecule has 1 aliphatic rings. The second-order valence-corrected chi connectivity index (χ2v) is 10.9. The van der Waals surface area contributed by atoms with Crippen LogP contribution in [0, 0.1) is 16.8 Å². The molecule has 0 atom stereocenters. The summed E-state index contributed by atoms with van der Waals surface area (Å²) in [4.78, 5) is 11.5. The van der Waals surface area contributed by atoms with Crippen molar-refractivity contribution in [3.8, 4) is 9.85 Å². The third-order valence-electron chi connectivity index (χ3n) is 6.08. The van der Waals surface area contributed by atoms with Crippen LogP contribution in [-0.2, 0) is 19.6 Å². The highest BCUT2D eigenvalue weighted by atomic mass is 127. The fraction of sp³-hybridized carbons (Fsp3) is 0.654. The summed E-state index contributed by atoms with van der Waals surface area (Å²) in [6, 6.07) is 5.78. The van der Waals surface area contributed by atoms with E-state index >= 15 is 0 Å². The first kappa shape index (κ1) is 30.9. The van der Waals surface area contributed by atoms with Gasteiger partial charge in [0.05, 0.1) is 31.1 Å². The number of esters is 1. The first-order valence-corrected chi connectivity index (χ1v) is 14.8. The molecule has 192 valence electrons. The molecule has 1 aromatic rings. The fourth-order valence-electron chi connectivity index (χ4n) is 4.05. The van der Waals surface area contributed by atoms with Crippen LogP contribution in [-0.4, -0.2) is 56.2 Å². The maximum atomic E-state index is 11.7. The molecule has 34 heavy (non-hydrogen) atoms. The number of halogens is 1. The van der Waals surface area contributed by atoms with E-state index in [4.69, 9.17) is 4.74 Å². The Bertz CT molecular complexity index is 869. The molecular weight excluding hydrogens is 565 g/mol. The molecule has 0 aliphatic carbocycles. The molecule has 0 aromatic heterocycles. The second kappa shape index (κ2) is 17.3. The molecule has 0 bridgehead atoms. The van der Waals surface area contributed by atoms with Gasteiger partial charge in [-0.15, -0.1) is 0 Å². The minimum atomic E-state index is -4.27. The van der Waals surface area contributed by atoms with Crippen LogP contribution < -0.4 is 0 Å². The van der Waals surface area contributed by atoms with Crippen LogP contribution >= 0.6 is 22.6 Å². The molecule has 0 amide bonds. The number of likely N-dealkylation sites (tertiary alicyclic amines) is 1. The lowest BCUT2D eigenvalue weighted by molar-refractivity contribution is -0.910. The van der Waals surface area contributed by atoms with Crippen molar-refractivity contribution in [3.05, 3.63) is 29.8 Å². The summed E-state index contributed by atoms with van der Waals surface area (Å²) < 4.78 is 40.6. The molecule has 6 nitrogen and oxygen atoms in total. The molecule has 0 radical (unpaired) electrons. The predicted molar refractivity (Wildman–Crippen MR) is 143 cm³/mol. The molecule has 1 aliphatic heterocycles. The Labute approximate surface area is 220 Å². The van der Waals surface area contributed by atoms with E-state index in [1.54, 1.807) is 12.1 Å². The molecule has 2 rings (SSSR count). The number of rotatable bonds is 13. The van der Waals surface area contributed by atoms with Crippen LogP contribution in [0.4, 0.5) is 0 Å². The monoisotopic (exact) mass is 605 g/mol. The molecule has 0 N–H and O–H groups in total. The molecule has 1 fully saturated rings. The molecule has 1 heterocycles. The Kier molecular flexibility index (Phi) is 15.7. The maximum absolute atomic E-state index is 11.7. The highest BCUT2D eigenvalue weighted by Gasteiger charge is 2.30. The van der Waals surface area contributed by atoms with Gasteiger partial charge in [-0.3, -0.25) is 4.79 Å². The Morgan fingerprint density at radius 1 is 1.06 bits per heavy atom. The van der Waals surface area contributed by atoms with Gasteiger partial charge < -0.3 is 13.8 Å². The van der Waals surface area contributed by atoms with Gasteiger partial charge in [-0.2, -0.15) is 0 Å². The number of unbranched alkanes of at least 4 members (excludes halogenated alkanes) is 5. The number of aryl methyl sites for hydroxylation is 1. The highest BCUT2D eigenvalue weighted by Crippen LogP contribution is 2.20. The summed E-state index contributed by atoms with van der Waals surface area (Å²) in [6.45, 7) is 9.40. The van der Waals surface area contributed by atoms with Crippen molar-refractivity contribution in [3.63, 3.8) is 0 Å². The van der Waals surface area contributed by atoms with Gasteiger partial charge in [0.2, 0.25) is 0 Å². The van der Waals surface area contributed by atoms with E-state index in [1.807, 2.05) is 6.92 Å². The van der Waals surface area contributed by atoms with Crippen molar-refractivity contribution >= 4 is 38.7 Å². The minimum absolute atomic E-state index is 0.0117. The van der Waals surface area contributed by atoms with Crippen LogP contribution in [0.25, 0.3) is 0 Å². The van der Waals surface area contributed by atoms with E-state index in [0.29, 0.717) is 13.0 Å². The lowest BCUT2D eigenvalue weighted by Crippen LogP contribution is -2.46. The van der Waals surface area contributed by atoms with Gasteiger partial charge in [-0.1, -0.05) is 43.9 Å². The highest BCUT2D eigenvalue weighted by molar-refractivity contribution is 14.1.